The number of aryl methyl sites for hydroxylation is 2. The molecule has 4 N–H and O–H groups in total. The van der Waals surface area contributed by atoms with E-state index in [9.17, 15) is 9.59 Å². The maximum atomic E-state index is 15.1. The summed E-state index contributed by atoms with van der Waals surface area (Å²) in [6.07, 6.45) is 11.2. The van der Waals surface area contributed by atoms with Crippen LogP contribution in [0.1, 0.15) is 62.6 Å². The number of piperidine rings is 1. The Kier molecular flexibility index (Phi) is 8.83. The molecule has 0 saturated carbocycles. The molecule has 1 aliphatic rings. The average molecular weight is 619 g/mol. The van der Waals surface area contributed by atoms with Crippen molar-refractivity contribution in [1.29, 1.82) is 0 Å². The molecule has 3 aromatic heterocycles. The Morgan fingerprint density at radius 3 is 2.75 bits per heavy atom. The zero-order valence-electron chi connectivity index (χ0n) is 24.6. The van der Waals surface area contributed by atoms with E-state index in [2.05, 4.69) is 15.3 Å². The van der Waals surface area contributed by atoms with E-state index in [4.69, 9.17) is 21.8 Å². The number of aromatic amines is 1. The van der Waals surface area contributed by atoms with Crippen molar-refractivity contribution < 1.29 is 8.81 Å². The second kappa shape index (κ2) is 12.9. The van der Waals surface area contributed by atoms with Crippen LogP contribution < -0.4 is 22.5 Å². The van der Waals surface area contributed by atoms with Gasteiger partial charge in [-0.15, -0.1) is 0 Å². The SMILES string of the molecule is C[C@H](N)CCCc1cc(Cl)c(F)c(-c2cc3cn(-c4ccc([C@@H]5CCC[C@@H](CCn6ccoc6=O)N5)cc4)c(=O)nc3[nH]2)c1. The van der Waals surface area contributed by atoms with Crippen molar-refractivity contribution in [2.45, 2.75) is 76.5 Å². The van der Waals surface area contributed by atoms with Crippen LogP contribution in [0.25, 0.3) is 28.0 Å². The molecule has 3 atom stereocenters. The lowest BCUT2D eigenvalue weighted by Crippen LogP contribution is -2.38. The number of rotatable bonds is 10. The lowest BCUT2D eigenvalue weighted by molar-refractivity contribution is 0.300. The zero-order chi connectivity index (χ0) is 30.8. The van der Waals surface area contributed by atoms with Crippen molar-refractivity contribution in [3.63, 3.8) is 0 Å². The van der Waals surface area contributed by atoms with Crippen molar-refractivity contribution in [3.05, 3.63) is 104 Å². The Labute approximate surface area is 258 Å². The second-order valence-electron chi connectivity index (χ2n) is 11.8. The zero-order valence-corrected chi connectivity index (χ0v) is 25.3. The van der Waals surface area contributed by atoms with Crippen molar-refractivity contribution >= 4 is 22.6 Å². The van der Waals surface area contributed by atoms with Crippen LogP contribution in [-0.2, 0) is 13.0 Å². The molecular formula is C33H36ClFN6O3. The molecule has 0 aliphatic carbocycles. The Balaban J connectivity index is 1.19. The topological polar surface area (TPSA) is 124 Å². The van der Waals surface area contributed by atoms with E-state index in [0.29, 0.717) is 40.6 Å². The molecule has 0 radical (unpaired) electrons. The standard InChI is InChI=1S/C33H36ClFN6O3/c1-20(36)4-2-5-21-16-26(30(35)27(34)17-21)29-18-23-19-41(32(42)39-31(23)38-29)25-10-8-22(9-11-25)28-7-3-6-24(37-28)12-13-40-14-15-44-33(40)43/h8-11,14-20,24,28,37H,2-7,12-13,36H2,1H3,(H,38,39,42)/t20-,24-,28-/m0/s1. The Morgan fingerprint density at radius 2 is 2.00 bits per heavy atom. The summed E-state index contributed by atoms with van der Waals surface area (Å²) >= 11 is 6.26. The van der Waals surface area contributed by atoms with Gasteiger partial charge in [0, 0.05) is 48.0 Å². The summed E-state index contributed by atoms with van der Waals surface area (Å²) in [5.41, 5.74) is 9.41. The summed E-state index contributed by atoms with van der Waals surface area (Å²) in [6.45, 7) is 2.57. The number of H-pyrrole nitrogens is 1. The summed E-state index contributed by atoms with van der Waals surface area (Å²) < 4.78 is 23.1. The second-order valence-corrected chi connectivity index (χ2v) is 12.2. The first-order chi connectivity index (χ1) is 21.2. The van der Waals surface area contributed by atoms with Gasteiger partial charge in [0.25, 0.3) is 0 Å². The van der Waals surface area contributed by atoms with Crippen molar-refractivity contribution in [1.82, 2.24) is 24.4 Å². The van der Waals surface area contributed by atoms with E-state index in [1.165, 1.54) is 10.8 Å². The predicted octanol–water partition coefficient (Wildman–Crippen LogP) is 5.87. The maximum Gasteiger partial charge on any atom is 0.418 e. The van der Waals surface area contributed by atoms with Gasteiger partial charge in [0.2, 0.25) is 0 Å². The quantitative estimate of drug-likeness (QED) is 0.180. The van der Waals surface area contributed by atoms with Crippen LogP contribution in [0.15, 0.2) is 75.1 Å². The van der Waals surface area contributed by atoms with Crippen LogP contribution in [0.5, 0.6) is 0 Å². The molecule has 0 amide bonds. The fourth-order valence-electron chi connectivity index (χ4n) is 6.07. The molecule has 0 bridgehead atoms. The Hall–Kier alpha value is -3.99. The molecule has 6 rings (SSSR count). The number of nitrogens with two attached hydrogens (primary N) is 1. The summed E-state index contributed by atoms with van der Waals surface area (Å²) in [6, 6.07) is 13.7. The molecule has 1 fully saturated rings. The Bertz CT molecular complexity index is 1870. The molecular weight excluding hydrogens is 583 g/mol. The first-order valence-electron chi connectivity index (χ1n) is 15.1. The number of nitrogens with one attached hydrogen (secondary N) is 2. The third kappa shape index (κ3) is 6.57. The summed E-state index contributed by atoms with van der Waals surface area (Å²) in [5, 5.41) is 4.45. The third-order valence-electron chi connectivity index (χ3n) is 8.43. The molecule has 11 heteroatoms. The highest BCUT2D eigenvalue weighted by Gasteiger charge is 2.23. The van der Waals surface area contributed by atoms with Crippen LogP contribution in [0.3, 0.4) is 0 Å². The number of hydrogen-bond donors (Lipinski definition) is 3. The molecule has 1 aliphatic heterocycles. The van der Waals surface area contributed by atoms with Crippen LogP contribution in [0.2, 0.25) is 5.02 Å². The third-order valence-corrected chi connectivity index (χ3v) is 8.70. The van der Waals surface area contributed by atoms with Gasteiger partial charge >= 0.3 is 11.4 Å². The minimum absolute atomic E-state index is 0.0526. The number of nitrogens with zero attached hydrogens (tertiary/aromatic N) is 3. The maximum absolute atomic E-state index is 15.1. The summed E-state index contributed by atoms with van der Waals surface area (Å²) in [7, 11) is 0. The van der Waals surface area contributed by atoms with E-state index in [1.807, 2.05) is 31.2 Å². The van der Waals surface area contributed by atoms with E-state index in [0.717, 1.165) is 56.1 Å². The summed E-state index contributed by atoms with van der Waals surface area (Å²) in [5.74, 6) is -0.852. The highest BCUT2D eigenvalue weighted by atomic mass is 35.5. The van der Waals surface area contributed by atoms with Crippen LogP contribution in [-0.4, -0.2) is 31.2 Å². The molecule has 2 aromatic carbocycles. The number of aromatic nitrogens is 4. The summed E-state index contributed by atoms with van der Waals surface area (Å²) in [4.78, 5) is 32.1. The number of oxazole rings is 1. The molecule has 5 aromatic rings. The van der Waals surface area contributed by atoms with Crippen LogP contribution >= 0.6 is 11.6 Å². The van der Waals surface area contributed by atoms with Gasteiger partial charge in [0.15, 0.2) is 5.82 Å². The molecule has 4 heterocycles. The minimum Gasteiger partial charge on any atom is -0.416 e. The minimum atomic E-state index is -0.520. The van der Waals surface area contributed by atoms with Crippen LogP contribution in [0, 0.1) is 5.82 Å². The smallest absolute Gasteiger partial charge is 0.416 e. The van der Waals surface area contributed by atoms with Gasteiger partial charge in [-0.3, -0.25) is 9.13 Å². The van der Waals surface area contributed by atoms with Gasteiger partial charge in [-0.25, -0.2) is 14.0 Å². The first kappa shape index (κ1) is 30.1. The molecule has 44 heavy (non-hydrogen) atoms. The highest BCUT2D eigenvalue weighted by Crippen LogP contribution is 2.32. The molecule has 9 nitrogen and oxygen atoms in total. The Morgan fingerprint density at radius 1 is 1.18 bits per heavy atom. The molecule has 0 spiro atoms. The fraction of sp³-hybridized carbons (Fsp3) is 0.364. The monoisotopic (exact) mass is 618 g/mol. The number of benzene rings is 2. The predicted molar refractivity (Wildman–Crippen MR) is 170 cm³/mol. The van der Waals surface area contributed by atoms with Gasteiger partial charge in [-0.2, -0.15) is 4.98 Å². The fourth-order valence-corrected chi connectivity index (χ4v) is 6.31. The lowest BCUT2D eigenvalue weighted by Gasteiger charge is -2.31. The van der Waals surface area contributed by atoms with Gasteiger partial charge in [0.05, 0.1) is 16.4 Å². The number of fused-ring (bicyclic) bond motifs is 1. The molecule has 230 valence electrons. The van der Waals surface area contributed by atoms with Gasteiger partial charge in [0.1, 0.15) is 11.9 Å². The number of halogens is 2. The van der Waals surface area contributed by atoms with Crippen LogP contribution in [0.4, 0.5) is 4.39 Å². The first-order valence-corrected chi connectivity index (χ1v) is 15.5. The van der Waals surface area contributed by atoms with E-state index in [-0.39, 0.29) is 22.9 Å². The lowest BCUT2D eigenvalue weighted by atomic mass is 9.92. The average Bonchev–Trinajstić information content (AvgIpc) is 3.62. The van der Waals surface area contributed by atoms with Gasteiger partial charge in [-0.1, -0.05) is 30.2 Å². The van der Waals surface area contributed by atoms with E-state index >= 15 is 4.39 Å². The molecule has 0 unspecified atom stereocenters. The number of hydrogen-bond acceptors (Lipinski definition) is 6. The van der Waals surface area contributed by atoms with E-state index in [1.54, 1.807) is 35.2 Å². The molecule has 1 saturated heterocycles. The normalized spacial score (nSPS) is 17.7. The highest BCUT2D eigenvalue weighted by molar-refractivity contribution is 6.31. The van der Waals surface area contributed by atoms with E-state index < -0.39 is 11.5 Å². The van der Waals surface area contributed by atoms with Crippen molar-refractivity contribution in [2.75, 3.05) is 0 Å². The largest absolute Gasteiger partial charge is 0.418 e. The van der Waals surface area contributed by atoms with Gasteiger partial charge in [-0.05, 0) is 86.9 Å². The van der Waals surface area contributed by atoms with Gasteiger partial charge < -0.3 is 20.5 Å². The van der Waals surface area contributed by atoms with Crippen molar-refractivity contribution in [2.24, 2.45) is 5.73 Å². The van der Waals surface area contributed by atoms with Crippen molar-refractivity contribution in [3.8, 4) is 16.9 Å².